The Kier molecular flexibility index (Phi) is 2.45. The van der Waals surface area contributed by atoms with Crippen LogP contribution in [0.15, 0.2) is 18.2 Å². The second-order valence-corrected chi connectivity index (χ2v) is 2.23. The topological polar surface area (TPSA) is 73.1 Å². The first-order valence-electron chi connectivity index (χ1n) is 3.33. The number of rotatable bonds is 1. The first-order chi connectivity index (χ1) is 6.13. The number of nitrogens with one attached hydrogen (secondary N) is 1. The molecule has 1 aromatic carbocycles. The summed E-state index contributed by atoms with van der Waals surface area (Å²) in [5.74, 6) is -0.595. The van der Waals surface area contributed by atoms with Crippen molar-refractivity contribution >= 4 is 11.8 Å². The fourth-order valence-electron chi connectivity index (χ4n) is 0.833. The fraction of sp³-hybridized carbons (Fsp3) is 0. The van der Waals surface area contributed by atoms with Crippen molar-refractivity contribution in [1.82, 2.24) is 0 Å². The molecule has 2 N–H and O–H groups in total. The van der Waals surface area contributed by atoms with Crippen LogP contribution in [0, 0.1) is 17.1 Å². The number of carboxylic acid groups (broad SMARTS) is 1. The Labute approximate surface area is 73.2 Å². The standard InChI is InChI=1S/C8H5FN2O2/c9-6-2-1-5(4-10)7(3-6)11-8(12)13/h1-3,11H,(H,12,13). The minimum atomic E-state index is -1.33. The molecule has 1 rings (SSSR count). The minimum absolute atomic E-state index is 0.0463. The van der Waals surface area contributed by atoms with Gasteiger partial charge >= 0.3 is 6.09 Å². The molecule has 13 heavy (non-hydrogen) atoms. The van der Waals surface area contributed by atoms with E-state index < -0.39 is 11.9 Å². The lowest BCUT2D eigenvalue weighted by atomic mass is 10.2. The summed E-state index contributed by atoms with van der Waals surface area (Å²) in [6, 6.07) is 4.98. The predicted octanol–water partition coefficient (Wildman–Crippen LogP) is 1.79. The smallest absolute Gasteiger partial charge is 0.409 e. The molecule has 0 aliphatic carbocycles. The van der Waals surface area contributed by atoms with Crippen LogP contribution in [0.5, 0.6) is 0 Å². The van der Waals surface area contributed by atoms with Crippen molar-refractivity contribution in [3.8, 4) is 6.07 Å². The molecule has 0 heterocycles. The number of benzene rings is 1. The second-order valence-electron chi connectivity index (χ2n) is 2.23. The lowest BCUT2D eigenvalue weighted by Gasteiger charge is -2.02. The number of nitrogens with zero attached hydrogens (tertiary/aromatic N) is 1. The number of halogens is 1. The van der Waals surface area contributed by atoms with E-state index in [1.165, 1.54) is 6.07 Å². The van der Waals surface area contributed by atoms with Gasteiger partial charge in [-0.05, 0) is 18.2 Å². The predicted molar refractivity (Wildman–Crippen MR) is 42.8 cm³/mol. The summed E-state index contributed by atoms with van der Waals surface area (Å²) in [6.07, 6.45) is -1.33. The zero-order chi connectivity index (χ0) is 9.84. The molecular formula is C8H5FN2O2. The van der Waals surface area contributed by atoms with E-state index in [2.05, 4.69) is 0 Å². The highest BCUT2D eigenvalue weighted by atomic mass is 19.1. The first kappa shape index (κ1) is 9.00. The molecule has 4 nitrogen and oxygen atoms in total. The molecule has 0 aliphatic rings. The maximum atomic E-state index is 12.6. The highest BCUT2D eigenvalue weighted by Gasteiger charge is 2.05. The van der Waals surface area contributed by atoms with Crippen molar-refractivity contribution < 1.29 is 14.3 Å². The fourth-order valence-corrected chi connectivity index (χ4v) is 0.833. The Morgan fingerprint density at radius 1 is 1.62 bits per heavy atom. The molecule has 0 unspecified atom stereocenters. The number of anilines is 1. The van der Waals surface area contributed by atoms with E-state index in [0.717, 1.165) is 12.1 Å². The van der Waals surface area contributed by atoms with Crippen molar-refractivity contribution in [2.75, 3.05) is 5.32 Å². The molecule has 1 amide bonds. The van der Waals surface area contributed by atoms with Gasteiger partial charge in [-0.25, -0.2) is 9.18 Å². The van der Waals surface area contributed by atoms with Crippen LogP contribution in [0.1, 0.15) is 5.56 Å². The number of hydrogen-bond acceptors (Lipinski definition) is 2. The third kappa shape index (κ3) is 2.17. The summed E-state index contributed by atoms with van der Waals surface area (Å²) in [7, 11) is 0. The van der Waals surface area contributed by atoms with Crippen LogP contribution in [0.2, 0.25) is 0 Å². The van der Waals surface area contributed by atoms with Crippen molar-refractivity contribution in [3.05, 3.63) is 29.6 Å². The summed E-state index contributed by atoms with van der Waals surface area (Å²) in [5, 5.41) is 18.8. The van der Waals surface area contributed by atoms with Crippen LogP contribution in [-0.4, -0.2) is 11.2 Å². The van der Waals surface area contributed by atoms with Crippen molar-refractivity contribution in [2.45, 2.75) is 0 Å². The quantitative estimate of drug-likeness (QED) is 0.691. The van der Waals surface area contributed by atoms with E-state index >= 15 is 0 Å². The van der Waals surface area contributed by atoms with E-state index in [1.54, 1.807) is 6.07 Å². The highest BCUT2D eigenvalue weighted by molar-refractivity contribution is 5.84. The molecule has 0 saturated carbocycles. The molecule has 5 heteroatoms. The van der Waals surface area contributed by atoms with Crippen molar-refractivity contribution in [1.29, 1.82) is 5.26 Å². The number of hydrogen-bond donors (Lipinski definition) is 2. The van der Waals surface area contributed by atoms with Gasteiger partial charge in [-0.15, -0.1) is 0 Å². The van der Waals surface area contributed by atoms with Gasteiger partial charge < -0.3 is 5.11 Å². The largest absolute Gasteiger partial charge is 0.465 e. The zero-order valence-corrected chi connectivity index (χ0v) is 6.41. The molecule has 0 bridgehead atoms. The minimum Gasteiger partial charge on any atom is -0.465 e. The second kappa shape index (κ2) is 3.54. The van der Waals surface area contributed by atoms with Gasteiger partial charge in [-0.1, -0.05) is 0 Å². The molecule has 0 aromatic heterocycles. The van der Waals surface area contributed by atoms with E-state index in [0.29, 0.717) is 0 Å². The zero-order valence-electron chi connectivity index (χ0n) is 6.41. The molecule has 0 fully saturated rings. The Morgan fingerprint density at radius 3 is 2.85 bits per heavy atom. The monoisotopic (exact) mass is 180 g/mol. The maximum Gasteiger partial charge on any atom is 0.409 e. The van der Waals surface area contributed by atoms with Gasteiger partial charge in [0.1, 0.15) is 11.9 Å². The van der Waals surface area contributed by atoms with Gasteiger partial charge in [0.25, 0.3) is 0 Å². The average Bonchev–Trinajstić information content (AvgIpc) is 2.03. The van der Waals surface area contributed by atoms with E-state index in [-0.39, 0.29) is 11.3 Å². The van der Waals surface area contributed by atoms with Gasteiger partial charge in [-0.2, -0.15) is 5.26 Å². The summed E-state index contributed by atoms with van der Waals surface area (Å²) in [6.45, 7) is 0. The lowest BCUT2D eigenvalue weighted by Crippen LogP contribution is -2.08. The molecule has 1 aromatic rings. The van der Waals surface area contributed by atoms with Crippen LogP contribution < -0.4 is 5.32 Å². The Bertz CT molecular complexity index is 384. The number of amides is 1. The van der Waals surface area contributed by atoms with Crippen molar-refractivity contribution in [3.63, 3.8) is 0 Å². The van der Waals surface area contributed by atoms with Crippen LogP contribution in [0.25, 0.3) is 0 Å². The van der Waals surface area contributed by atoms with Gasteiger partial charge in [0, 0.05) is 0 Å². The van der Waals surface area contributed by atoms with Crippen LogP contribution in [0.3, 0.4) is 0 Å². The van der Waals surface area contributed by atoms with Gasteiger partial charge in [0.05, 0.1) is 11.3 Å². The summed E-state index contributed by atoms with van der Waals surface area (Å²) < 4.78 is 12.6. The third-order valence-electron chi connectivity index (χ3n) is 1.34. The third-order valence-corrected chi connectivity index (χ3v) is 1.34. The van der Waals surface area contributed by atoms with E-state index in [9.17, 15) is 9.18 Å². The lowest BCUT2D eigenvalue weighted by molar-refractivity contribution is 0.209. The van der Waals surface area contributed by atoms with Gasteiger partial charge in [0.2, 0.25) is 0 Å². The van der Waals surface area contributed by atoms with Crippen LogP contribution >= 0.6 is 0 Å². The van der Waals surface area contributed by atoms with Crippen molar-refractivity contribution in [2.24, 2.45) is 0 Å². The molecule has 0 atom stereocenters. The van der Waals surface area contributed by atoms with E-state index in [1.807, 2.05) is 5.32 Å². The van der Waals surface area contributed by atoms with E-state index in [4.69, 9.17) is 10.4 Å². The molecule has 0 saturated heterocycles. The molecule has 0 spiro atoms. The van der Waals surface area contributed by atoms with Crippen LogP contribution in [0.4, 0.5) is 14.9 Å². The highest BCUT2D eigenvalue weighted by Crippen LogP contribution is 2.15. The van der Waals surface area contributed by atoms with Gasteiger partial charge in [-0.3, -0.25) is 5.32 Å². The average molecular weight is 180 g/mol. The Balaban J connectivity index is 3.10. The molecular weight excluding hydrogens is 175 g/mol. The van der Waals surface area contributed by atoms with Gasteiger partial charge in [0.15, 0.2) is 0 Å². The summed E-state index contributed by atoms with van der Waals surface area (Å²) in [4.78, 5) is 10.2. The SMILES string of the molecule is N#Cc1ccc(F)cc1NC(=O)O. The number of carbonyl (C=O) groups is 1. The maximum absolute atomic E-state index is 12.6. The molecule has 0 aliphatic heterocycles. The summed E-state index contributed by atoms with van der Waals surface area (Å²) in [5.41, 5.74) is 0.0406. The molecule has 0 radical (unpaired) electrons. The number of nitriles is 1. The summed E-state index contributed by atoms with van der Waals surface area (Å²) >= 11 is 0. The Morgan fingerprint density at radius 2 is 2.31 bits per heavy atom. The Hall–Kier alpha value is -2.09. The van der Waals surface area contributed by atoms with Crippen LogP contribution in [-0.2, 0) is 0 Å². The normalized spacial score (nSPS) is 8.92. The molecule has 66 valence electrons. The first-order valence-corrected chi connectivity index (χ1v) is 3.33.